The van der Waals surface area contributed by atoms with Crippen molar-refractivity contribution in [1.29, 1.82) is 0 Å². The minimum Gasteiger partial charge on any atom is -0.478 e. The molecule has 1 unspecified atom stereocenters. The zero-order chi connectivity index (χ0) is 16.2. The minimum atomic E-state index is -4.29. The molecular formula is C17H17F3O2. The van der Waals surface area contributed by atoms with Gasteiger partial charge in [-0.25, -0.2) is 4.79 Å². The Kier molecular flexibility index (Phi) is 5.06. The number of hydrogen-bond donors (Lipinski definition) is 1. The molecule has 0 aromatic heterocycles. The van der Waals surface area contributed by atoms with Crippen LogP contribution in [0.2, 0.25) is 0 Å². The maximum atomic E-state index is 13.0. The summed E-state index contributed by atoms with van der Waals surface area (Å²) in [4.78, 5) is 10.3. The fourth-order valence-electron chi connectivity index (χ4n) is 2.84. The Morgan fingerprint density at radius 2 is 2.09 bits per heavy atom. The maximum Gasteiger partial charge on any atom is 0.416 e. The number of allylic oxidation sites excluding steroid dienone is 3. The van der Waals surface area contributed by atoms with E-state index in [1.165, 1.54) is 12.1 Å². The third-order valence-corrected chi connectivity index (χ3v) is 3.85. The van der Waals surface area contributed by atoms with Gasteiger partial charge in [0.1, 0.15) is 0 Å². The number of benzene rings is 1. The van der Waals surface area contributed by atoms with Crippen LogP contribution in [0, 0.1) is 5.92 Å². The second-order valence-electron chi connectivity index (χ2n) is 5.41. The molecule has 0 saturated carbocycles. The Morgan fingerprint density at radius 3 is 2.77 bits per heavy atom. The van der Waals surface area contributed by atoms with E-state index in [1.54, 1.807) is 12.1 Å². The number of alkyl halides is 3. The summed E-state index contributed by atoms with van der Waals surface area (Å²) in [6.07, 6.45) is 4.24. The Morgan fingerprint density at radius 1 is 1.32 bits per heavy atom. The van der Waals surface area contributed by atoms with Crippen molar-refractivity contribution in [3.8, 4) is 0 Å². The van der Waals surface area contributed by atoms with Crippen LogP contribution in [-0.4, -0.2) is 11.1 Å². The van der Waals surface area contributed by atoms with Crippen LogP contribution in [0.5, 0.6) is 0 Å². The van der Waals surface area contributed by atoms with Gasteiger partial charge in [0.2, 0.25) is 0 Å². The topological polar surface area (TPSA) is 37.3 Å². The molecule has 0 saturated heterocycles. The summed E-state index contributed by atoms with van der Waals surface area (Å²) in [5.74, 6) is -0.707. The first kappa shape index (κ1) is 16.3. The van der Waals surface area contributed by atoms with E-state index < -0.39 is 17.7 Å². The Hall–Kier alpha value is -2.04. The Labute approximate surface area is 127 Å². The molecule has 5 heteroatoms. The van der Waals surface area contributed by atoms with Crippen LogP contribution in [0.4, 0.5) is 13.2 Å². The number of carboxylic acid groups (broad SMARTS) is 1. The zero-order valence-corrected chi connectivity index (χ0v) is 11.9. The highest BCUT2D eigenvalue weighted by molar-refractivity contribution is 5.80. The van der Waals surface area contributed by atoms with Gasteiger partial charge < -0.3 is 5.11 Å². The highest BCUT2D eigenvalue weighted by Gasteiger charge is 2.35. The van der Waals surface area contributed by atoms with Gasteiger partial charge in [-0.05, 0) is 48.8 Å². The monoisotopic (exact) mass is 310 g/mol. The van der Waals surface area contributed by atoms with E-state index in [2.05, 4.69) is 0 Å². The highest BCUT2D eigenvalue weighted by atomic mass is 19.4. The van der Waals surface area contributed by atoms with Crippen molar-refractivity contribution in [1.82, 2.24) is 0 Å². The molecule has 1 aromatic rings. The Bertz CT molecular complexity index is 600. The van der Waals surface area contributed by atoms with Gasteiger partial charge in [-0.2, -0.15) is 13.2 Å². The van der Waals surface area contributed by atoms with E-state index in [9.17, 15) is 18.0 Å². The molecule has 2 nitrogen and oxygen atoms in total. The molecule has 1 aliphatic carbocycles. The van der Waals surface area contributed by atoms with Crippen LogP contribution in [-0.2, 0) is 23.8 Å². The van der Waals surface area contributed by atoms with Crippen molar-refractivity contribution in [3.63, 3.8) is 0 Å². The maximum absolute atomic E-state index is 13.0. The van der Waals surface area contributed by atoms with Gasteiger partial charge in [-0.15, -0.1) is 0 Å². The summed E-state index contributed by atoms with van der Waals surface area (Å²) in [5, 5.41) is 8.45. The van der Waals surface area contributed by atoms with E-state index >= 15 is 0 Å². The van der Waals surface area contributed by atoms with Crippen LogP contribution in [0.1, 0.15) is 29.5 Å². The molecule has 22 heavy (non-hydrogen) atoms. The van der Waals surface area contributed by atoms with Crippen molar-refractivity contribution < 1.29 is 23.1 Å². The summed E-state index contributed by atoms with van der Waals surface area (Å²) in [7, 11) is 0. The third-order valence-electron chi connectivity index (χ3n) is 3.85. The van der Waals surface area contributed by atoms with Crippen molar-refractivity contribution in [2.75, 3.05) is 0 Å². The summed E-state index contributed by atoms with van der Waals surface area (Å²) in [5.41, 5.74) is 0.699. The van der Waals surface area contributed by atoms with Gasteiger partial charge in [-0.3, -0.25) is 0 Å². The van der Waals surface area contributed by atoms with E-state index in [0.29, 0.717) is 30.7 Å². The second kappa shape index (κ2) is 6.81. The van der Waals surface area contributed by atoms with Crippen LogP contribution < -0.4 is 0 Å². The van der Waals surface area contributed by atoms with Gasteiger partial charge in [0.25, 0.3) is 0 Å². The first-order chi connectivity index (χ1) is 10.4. The summed E-state index contributed by atoms with van der Waals surface area (Å²) in [6.45, 7) is 0. The number of rotatable bonds is 4. The van der Waals surface area contributed by atoms with Crippen molar-refractivity contribution >= 4 is 5.97 Å². The molecule has 1 aliphatic rings. The van der Waals surface area contributed by atoms with E-state index in [-0.39, 0.29) is 0 Å². The molecule has 0 heterocycles. The molecule has 0 radical (unpaired) electrons. The van der Waals surface area contributed by atoms with Crippen LogP contribution in [0.3, 0.4) is 0 Å². The fraction of sp³-hybridized carbons (Fsp3) is 0.353. The average molecular weight is 310 g/mol. The molecule has 2 rings (SSSR count). The van der Waals surface area contributed by atoms with Gasteiger partial charge in [0.15, 0.2) is 0 Å². The molecule has 1 atom stereocenters. The first-order valence-electron chi connectivity index (χ1n) is 7.12. The first-order valence-corrected chi connectivity index (χ1v) is 7.12. The number of hydrogen-bond acceptors (Lipinski definition) is 1. The lowest BCUT2D eigenvalue weighted by Crippen LogP contribution is -2.19. The smallest absolute Gasteiger partial charge is 0.416 e. The summed E-state index contributed by atoms with van der Waals surface area (Å²) < 4.78 is 38.9. The molecule has 0 bridgehead atoms. The predicted molar refractivity (Wildman–Crippen MR) is 77.5 cm³/mol. The van der Waals surface area contributed by atoms with Gasteiger partial charge in [-0.1, -0.05) is 30.4 Å². The Balaban J connectivity index is 2.02. The lowest BCUT2D eigenvalue weighted by Gasteiger charge is -2.26. The van der Waals surface area contributed by atoms with E-state index in [0.717, 1.165) is 24.1 Å². The molecule has 0 amide bonds. The molecule has 1 aromatic carbocycles. The third kappa shape index (κ3) is 4.23. The van der Waals surface area contributed by atoms with Crippen LogP contribution in [0.25, 0.3) is 0 Å². The SMILES string of the molecule is O=C(O)C=CC=CCC1CCc2c(cccc2C(F)(F)F)C1. The number of fused-ring (bicyclic) bond motifs is 1. The number of aliphatic carboxylic acids is 1. The van der Waals surface area contributed by atoms with Crippen molar-refractivity contribution in [2.45, 2.75) is 31.9 Å². The second-order valence-corrected chi connectivity index (χ2v) is 5.41. The summed E-state index contributed by atoms with van der Waals surface area (Å²) >= 11 is 0. The number of carbonyl (C=O) groups is 1. The number of carboxylic acids is 1. The molecular weight excluding hydrogens is 293 g/mol. The predicted octanol–water partition coefficient (Wildman–Crippen LogP) is 4.40. The lowest BCUT2D eigenvalue weighted by atomic mass is 9.80. The van der Waals surface area contributed by atoms with Crippen molar-refractivity contribution in [2.24, 2.45) is 5.92 Å². The van der Waals surface area contributed by atoms with E-state index in [1.807, 2.05) is 6.08 Å². The summed E-state index contributed by atoms with van der Waals surface area (Å²) in [6, 6.07) is 4.38. The fourth-order valence-corrected chi connectivity index (χ4v) is 2.84. The molecule has 0 spiro atoms. The number of halogens is 3. The van der Waals surface area contributed by atoms with Gasteiger partial charge >= 0.3 is 12.1 Å². The zero-order valence-electron chi connectivity index (χ0n) is 11.9. The van der Waals surface area contributed by atoms with Crippen molar-refractivity contribution in [3.05, 3.63) is 59.2 Å². The quantitative estimate of drug-likeness (QED) is 0.661. The van der Waals surface area contributed by atoms with Crippen LogP contribution in [0.15, 0.2) is 42.5 Å². The van der Waals surface area contributed by atoms with Crippen LogP contribution >= 0.6 is 0 Å². The molecule has 0 fully saturated rings. The normalized spacial score (nSPS) is 18.8. The highest BCUT2D eigenvalue weighted by Crippen LogP contribution is 2.38. The standard InChI is InChI=1S/C17H17F3O2/c18-17(19,20)15-7-4-6-13-11-12(9-10-14(13)15)5-2-1-3-8-16(21)22/h1-4,6-8,12H,5,9-11H2,(H,21,22). The molecule has 118 valence electrons. The molecule has 1 N–H and O–H groups in total. The average Bonchev–Trinajstić information content (AvgIpc) is 2.44. The minimum absolute atomic E-state index is 0.297. The molecule has 0 aliphatic heterocycles. The largest absolute Gasteiger partial charge is 0.478 e. The van der Waals surface area contributed by atoms with Gasteiger partial charge in [0.05, 0.1) is 5.56 Å². The lowest BCUT2D eigenvalue weighted by molar-refractivity contribution is -0.138. The van der Waals surface area contributed by atoms with E-state index in [4.69, 9.17) is 5.11 Å². The van der Waals surface area contributed by atoms with Gasteiger partial charge in [0, 0.05) is 6.08 Å².